The second-order valence-electron chi connectivity index (χ2n) is 8.23. The van der Waals surface area contributed by atoms with E-state index in [1.165, 1.54) is 32.1 Å². The first-order valence-electron chi connectivity index (χ1n) is 9.73. The monoisotopic (exact) mass is 345 g/mol. The predicted octanol–water partition coefficient (Wildman–Crippen LogP) is 4.19. The van der Waals surface area contributed by atoms with Gasteiger partial charge in [-0.25, -0.2) is 0 Å². The molecule has 4 nitrogen and oxygen atoms in total. The van der Waals surface area contributed by atoms with Crippen molar-refractivity contribution in [3.05, 3.63) is 23.3 Å². The molecular weight excluding hydrogens is 312 g/mol. The van der Waals surface area contributed by atoms with Gasteiger partial charge in [0.2, 0.25) is 0 Å². The Bertz CT molecular complexity index is 618. The fraction of sp³-hybridized carbons (Fsp3) is 0.667. The molecule has 1 amide bonds. The Balaban J connectivity index is 1.86. The van der Waals surface area contributed by atoms with E-state index in [2.05, 4.69) is 12.4 Å². The first-order chi connectivity index (χ1) is 11.9. The highest BCUT2D eigenvalue weighted by molar-refractivity contribution is 5.99. The van der Waals surface area contributed by atoms with E-state index in [4.69, 9.17) is 4.74 Å². The molecule has 1 aliphatic heterocycles. The minimum Gasteiger partial charge on any atom is -0.497 e. The summed E-state index contributed by atoms with van der Waals surface area (Å²) in [5, 5.41) is 3.31. The highest BCUT2D eigenvalue weighted by Gasteiger charge is 2.58. The fourth-order valence-corrected chi connectivity index (χ4v) is 4.81. The number of ether oxygens (including phenoxy) is 1. The summed E-state index contributed by atoms with van der Waals surface area (Å²) < 4.78 is 6.27. The van der Waals surface area contributed by atoms with Crippen LogP contribution in [-0.4, -0.2) is 43.2 Å². The highest BCUT2D eigenvalue weighted by atomic mass is 16.5. The van der Waals surface area contributed by atoms with E-state index in [0.717, 1.165) is 53.0 Å². The van der Waals surface area contributed by atoms with Crippen LogP contribution < -0.4 is 10.1 Å². The summed E-state index contributed by atoms with van der Waals surface area (Å²) in [6, 6.07) is 4.00. The van der Waals surface area contributed by atoms with Crippen molar-refractivity contribution in [3.8, 4) is 5.75 Å². The largest absolute Gasteiger partial charge is 0.497 e. The van der Waals surface area contributed by atoms with Crippen molar-refractivity contribution in [2.45, 2.75) is 64.3 Å². The molecule has 0 atom stereocenters. The van der Waals surface area contributed by atoms with Crippen LogP contribution in [-0.2, 0) is 4.79 Å². The number of carbonyl (C=O) groups is 1. The number of quaternary nitrogens is 1. The van der Waals surface area contributed by atoms with Gasteiger partial charge < -0.3 is 14.5 Å². The van der Waals surface area contributed by atoms with E-state index in [-0.39, 0.29) is 11.4 Å². The predicted molar refractivity (Wildman–Crippen MR) is 102 cm³/mol. The summed E-state index contributed by atoms with van der Waals surface area (Å²) in [6.07, 6.45) is 8.30. The molecule has 1 N–H and O–H groups in total. The molecule has 1 saturated carbocycles. The normalized spacial score (nSPS) is 21.8. The third-order valence-corrected chi connectivity index (χ3v) is 6.67. The van der Waals surface area contributed by atoms with E-state index in [1.54, 1.807) is 7.11 Å². The molecule has 1 aromatic carbocycles. The van der Waals surface area contributed by atoms with Crippen molar-refractivity contribution in [1.29, 1.82) is 0 Å². The van der Waals surface area contributed by atoms with Crippen LogP contribution in [0.25, 0.3) is 0 Å². The maximum atomic E-state index is 13.4. The summed E-state index contributed by atoms with van der Waals surface area (Å²) in [5.74, 6) is 1.07. The SMILES string of the molecule is COc1cc(C)c(NC(=O)C2([N+]3(C)CCCCCC3)CCC2)c(C)c1. The average Bonchev–Trinajstić information content (AvgIpc) is 2.74. The van der Waals surface area contributed by atoms with Crippen molar-refractivity contribution in [2.75, 3.05) is 32.6 Å². The summed E-state index contributed by atoms with van der Waals surface area (Å²) in [6.45, 7) is 6.35. The van der Waals surface area contributed by atoms with Crippen LogP contribution in [0.3, 0.4) is 0 Å². The standard InChI is InChI=1S/C21H32N2O2/c1-16-14-18(25-4)15-17(2)19(16)22-20(24)21(10-9-11-21)23(3)12-7-5-6-8-13-23/h14-15H,5-13H2,1-4H3/p+1. The number of benzene rings is 1. The van der Waals surface area contributed by atoms with Gasteiger partial charge in [0.05, 0.1) is 27.2 Å². The smallest absolute Gasteiger partial charge is 0.285 e. The van der Waals surface area contributed by atoms with Gasteiger partial charge in [0.1, 0.15) is 5.75 Å². The highest BCUT2D eigenvalue weighted by Crippen LogP contribution is 2.44. The van der Waals surface area contributed by atoms with Gasteiger partial charge in [0, 0.05) is 18.5 Å². The Kier molecular flexibility index (Phi) is 5.10. The number of nitrogens with one attached hydrogen (secondary N) is 1. The molecule has 1 heterocycles. The van der Waals surface area contributed by atoms with E-state index in [1.807, 2.05) is 26.0 Å². The molecule has 4 heteroatoms. The third-order valence-electron chi connectivity index (χ3n) is 6.67. The summed E-state index contributed by atoms with van der Waals surface area (Å²) in [4.78, 5) is 13.4. The number of likely N-dealkylation sites (N-methyl/N-ethyl adjacent to an activating group) is 1. The van der Waals surface area contributed by atoms with Gasteiger partial charge in [0.15, 0.2) is 5.54 Å². The molecule has 0 aromatic heterocycles. The van der Waals surface area contributed by atoms with Crippen molar-refractivity contribution in [3.63, 3.8) is 0 Å². The van der Waals surface area contributed by atoms with Crippen LogP contribution in [0.15, 0.2) is 12.1 Å². The van der Waals surface area contributed by atoms with Gasteiger partial charge in [-0.1, -0.05) is 0 Å². The third kappa shape index (κ3) is 3.17. The lowest BCUT2D eigenvalue weighted by Gasteiger charge is -2.54. The van der Waals surface area contributed by atoms with Crippen LogP contribution in [0.5, 0.6) is 5.75 Å². The Hall–Kier alpha value is -1.55. The average molecular weight is 346 g/mol. The number of hydrogen-bond acceptors (Lipinski definition) is 2. The zero-order valence-corrected chi connectivity index (χ0v) is 16.3. The zero-order valence-electron chi connectivity index (χ0n) is 16.3. The van der Waals surface area contributed by atoms with Crippen molar-refractivity contribution < 1.29 is 14.0 Å². The second kappa shape index (κ2) is 6.99. The van der Waals surface area contributed by atoms with Gasteiger partial charge in [-0.2, -0.15) is 0 Å². The van der Waals surface area contributed by atoms with Crippen molar-refractivity contribution in [2.24, 2.45) is 0 Å². The van der Waals surface area contributed by atoms with Crippen LogP contribution in [0.1, 0.15) is 56.1 Å². The molecule has 2 aliphatic rings. The van der Waals surface area contributed by atoms with E-state index in [9.17, 15) is 4.79 Å². The fourth-order valence-electron chi connectivity index (χ4n) is 4.81. The van der Waals surface area contributed by atoms with Crippen LogP contribution >= 0.6 is 0 Å². The summed E-state index contributed by atoms with van der Waals surface area (Å²) >= 11 is 0. The van der Waals surface area contributed by atoms with Gasteiger partial charge in [-0.05, 0) is 69.2 Å². The molecule has 0 radical (unpaired) electrons. The molecule has 0 bridgehead atoms. The molecule has 2 fully saturated rings. The quantitative estimate of drug-likeness (QED) is 0.831. The first kappa shape index (κ1) is 18.2. The molecule has 138 valence electrons. The maximum absolute atomic E-state index is 13.4. The maximum Gasteiger partial charge on any atom is 0.285 e. The van der Waals surface area contributed by atoms with Gasteiger partial charge in [-0.3, -0.25) is 4.79 Å². The lowest BCUT2D eigenvalue weighted by atomic mass is 9.72. The van der Waals surface area contributed by atoms with Gasteiger partial charge in [-0.15, -0.1) is 0 Å². The number of carbonyl (C=O) groups excluding carboxylic acids is 1. The Morgan fingerprint density at radius 2 is 1.60 bits per heavy atom. The number of hydrogen-bond donors (Lipinski definition) is 1. The number of nitrogens with zero attached hydrogens (tertiary/aromatic N) is 1. The van der Waals surface area contributed by atoms with E-state index >= 15 is 0 Å². The Morgan fingerprint density at radius 3 is 2.04 bits per heavy atom. The second-order valence-corrected chi connectivity index (χ2v) is 8.23. The first-order valence-corrected chi connectivity index (χ1v) is 9.73. The van der Waals surface area contributed by atoms with Crippen molar-refractivity contribution >= 4 is 11.6 Å². The molecule has 0 spiro atoms. The minimum atomic E-state index is -0.233. The summed E-state index contributed by atoms with van der Waals surface area (Å²) in [5.41, 5.74) is 2.86. The number of aryl methyl sites for hydroxylation is 2. The molecule has 1 aliphatic carbocycles. The Labute approximate surface area is 152 Å². The molecule has 1 saturated heterocycles. The minimum absolute atomic E-state index is 0.222. The number of anilines is 1. The van der Waals surface area contributed by atoms with Gasteiger partial charge in [0.25, 0.3) is 5.91 Å². The molecule has 25 heavy (non-hydrogen) atoms. The summed E-state index contributed by atoms with van der Waals surface area (Å²) in [7, 11) is 4.00. The zero-order chi connectivity index (χ0) is 18.1. The number of amides is 1. The molecule has 0 unspecified atom stereocenters. The van der Waals surface area contributed by atoms with Gasteiger partial charge >= 0.3 is 0 Å². The lowest BCUT2D eigenvalue weighted by molar-refractivity contribution is -0.954. The molecule has 3 rings (SSSR count). The number of likely N-dealkylation sites (tertiary alicyclic amines) is 1. The topological polar surface area (TPSA) is 38.3 Å². The van der Waals surface area contributed by atoms with Crippen LogP contribution in [0.2, 0.25) is 0 Å². The van der Waals surface area contributed by atoms with Crippen LogP contribution in [0.4, 0.5) is 5.69 Å². The molecular formula is C21H33N2O2+. The molecule has 1 aromatic rings. The Morgan fingerprint density at radius 1 is 1.04 bits per heavy atom. The van der Waals surface area contributed by atoms with Crippen LogP contribution in [0, 0.1) is 13.8 Å². The lowest BCUT2D eigenvalue weighted by Crippen LogP contribution is -2.71. The number of rotatable bonds is 4. The number of methoxy groups -OCH3 is 1. The van der Waals surface area contributed by atoms with Crippen molar-refractivity contribution in [1.82, 2.24) is 0 Å². The van der Waals surface area contributed by atoms with E-state index in [0.29, 0.717) is 0 Å². The van der Waals surface area contributed by atoms with E-state index < -0.39 is 0 Å².